The summed E-state index contributed by atoms with van der Waals surface area (Å²) in [6, 6.07) is 8.61. The number of nitrogens with zero attached hydrogens (tertiary/aromatic N) is 2. The van der Waals surface area contributed by atoms with E-state index in [9.17, 15) is 8.42 Å². The van der Waals surface area contributed by atoms with Crippen molar-refractivity contribution in [3.63, 3.8) is 0 Å². The number of hydrogen-bond acceptors (Lipinski definition) is 4. The molecule has 0 spiro atoms. The molecule has 1 heterocycles. The number of rotatable bonds is 8. The van der Waals surface area contributed by atoms with Crippen molar-refractivity contribution in [2.45, 2.75) is 44.1 Å². The number of hydrogen-bond donors (Lipinski definition) is 1. The first-order chi connectivity index (χ1) is 12.6. The monoisotopic (exact) mass is 509 g/mol. The maximum absolute atomic E-state index is 12.3. The normalized spacial score (nSPS) is 16.1. The molecule has 0 bridgehead atoms. The Bertz CT molecular complexity index is 660. The third-order valence-electron chi connectivity index (χ3n) is 4.41. The van der Waals surface area contributed by atoms with Gasteiger partial charge in [0.1, 0.15) is 0 Å². The molecule has 0 radical (unpaired) electrons. The molecule has 0 atom stereocenters. The van der Waals surface area contributed by atoms with Crippen LogP contribution in [-0.4, -0.2) is 63.9 Å². The number of sulfone groups is 1. The second kappa shape index (κ2) is 12.6. The maximum atomic E-state index is 12.3. The molecule has 8 heteroatoms. The maximum Gasteiger partial charge on any atom is 0.193 e. The molecule has 1 N–H and O–H groups in total. The lowest BCUT2D eigenvalue weighted by Crippen LogP contribution is -2.47. The SMILES string of the molecule is CCNC(=NCCCS(=O)(=O)c1ccccc1)N1CCC(OCC)CC1.I. The first kappa shape index (κ1) is 24.2. The Labute approximate surface area is 180 Å². The zero-order valence-corrected chi connectivity index (χ0v) is 19.4. The van der Waals surface area contributed by atoms with Crippen molar-refractivity contribution >= 4 is 39.8 Å². The third-order valence-corrected chi connectivity index (χ3v) is 6.23. The molecule has 1 saturated heterocycles. The minimum absolute atomic E-state index is 0. The minimum Gasteiger partial charge on any atom is -0.378 e. The molecule has 1 aliphatic heterocycles. The lowest BCUT2D eigenvalue weighted by atomic mass is 10.1. The summed E-state index contributed by atoms with van der Waals surface area (Å²) in [7, 11) is -3.23. The van der Waals surface area contributed by atoms with E-state index in [1.165, 1.54) is 0 Å². The fourth-order valence-corrected chi connectivity index (χ4v) is 4.40. The molecule has 1 aromatic rings. The van der Waals surface area contributed by atoms with Gasteiger partial charge in [0.2, 0.25) is 0 Å². The Morgan fingerprint density at radius 2 is 1.89 bits per heavy atom. The second-order valence-electron chi connectivity index (χ2n) is 6.36. The molecule has 154 valence electrons. The van der Waals surface area contributed by atoms with E-state index in [2.05, 4.69) is 15.2 Å². The minimum atomic E-state index is -3.23. The molecule has 2 rings (SSSR count). The summed E-state index contributed by atoms with van der Waals surface area (Å²) < 4.78 is 30.3. The zero-order chi connectivity index (χ0) is 18.8. The van der Waals surface area contributed by atoms with Crippen LogP contribution in [0.3, 0.4) is 0 Å². The Hall–Kier alpha value is -0.870. The number of aliphatic imine (C=N–C) groups is 1. The molecule has 0 unspecified atom stereocenters. The van der Waals surface area contributed by atoms with E-state index >= 15 is 0 Å². The van der Waals surface area contributed by atoms with Crippen molar-refractivity contribution in [2.75, 3.05) is 38.5 Å². The van der Waals surface area contributed by atoms with Gasteiger partial charge in [-0.2, -0.15) is 0 Å². The molecule has 0 saturated carbocycles. The highest BCUT2D eigenvalue weighted by Crippen LogP contribution is 2.14. The van der Waals surface area contributed by atoms with Crippen LogP contribution in [0.1, 0.15) is 33.1 Å². The fraction of sp³-hybridized carbons (Fsp3) is 0.632. The average molecular weight is 509 g/mol. The summed E-state index contributed by atoms with van der Waals surface area (Å²) in [4.78, 5) is 7.26. The van der Waals surface area contributed by atoms with Crippen molar-refractivity contribution in [3.8, 4) is 0 Å². The first-order valence-corrected chi connectivity index (χ1v) is 11.1. The lowest BCUT2D eigenvalue weighted by Gasteiger charge is -2.34. The van der Waals surface area contributed by atoms with Crippen LogP contribution in [0, 0.1) is 0 Å². The van der Waals surface area contributed by atoms with Gasteiger partial charge in [0.15, 0.2) is 15.8 Å². The van der Waals surface area contributed by atoms with E-state index in [0.29, 0.717) is 24.0 Å². The highest BCUT2D eigenvalue weighted by Gasteiger charge is 2.21. The van der Waals surface area contributed by atoms with E-state index in [1.807, 2.05) is 19.9 Å². The van der Waals surface area contributed by atoms with Crippen LogP contribution < -0.4 is 5.32 Å². The molecular weight excluding hydrogens is 477 g/mol. The predicted molar refractivity (Wildman–Crippen MR) is 121 cm³/mol. The van der Waals surface area contributed by atoms with Crippen LogP contribution in [0.5, 0.6) is 0 Å². The summed E-state index contributed by atoms with van der Waals surface area (Å²) in [6.07, 6.45) is 2.86. The van der Waals surface area contributed by atoms with Gasteiger partial charge in [0.05, 0.1) is 16.8 Å². The van der Waals surface area contributed by atoms with Gasteiger partial charge in [0, 0.05) is 32.8 Å². The van der Waals surface area contributed by atoms with Crippen LogP contribution in [0.2, 0.25) is 0 Å². The second-order valence-corrected chi connectivity index (χ2v) is 8.47. The van der Waals surface area contributed by atoms with Gasteiger partial charge < -0.3 is 15.0 Å². The van der Waals surface area contributed by atoms with Crippen LogP contribution in [0.25, 0.3) is 0 Å². The molecule has 1 aromatic carbocycles. The fourth-order valence-electron chi connectivity index (χ4n) is 3.08. The Balaban J connectivity index is 0.00000364. The molecule has 0 aromatic heterocycles. The first-order valence-electron chi connectivity index (χ1n) is 9.49. The summed E-state index contributed by atoms with van der Waals surface area (Å²) in [5, 5.41) is 3.31. The summed E-state index contributed by atoms with van der Waals surface area (Å²) in [5.41, 5.74) is 0. The van der Waals surface area contributed by atoms with Crippen molar-refractivity contribution in [2.24, 2.45) is 4.99 Å². The molecule has 0 amide bonds. The molecule has 1 fully saturated rings. The van der Waals surface area contributed by atoms with Crippen molar-refractivity contribution in [1.82, 2.24) is 10.2 Å². The molecule has 27 heavy (non-hydrogen) atoms. The van der Waals surface area contributed by atoms with Gasteiger partial charge in [-0.25, -0.2) is 8.42 Å². The quantitative estimate of drug-likeness (QED) is 0.253. The summed E-state index contributed by atoms with van der Waals surface area (Å²) in [5.74, 6) is 0.992. The topological polar surface area (TPSA) is 71.0 Å². The highest BCUT2D eigenvalue weighted by molar-refractivity contribution is 14.0. The number of ether oxygens (including phenoxy) is 1. The Kier molecular flexibility index (Phi) is 11.2. The number of guanidine groups is 1. The van der Waals surface area contributed by atoms with E-state index < -0.39 is 9.84 Å². The summed E-state index contributed by atoms with van der Waals surface area (Å²) in [6.45, 7) is 7.96. The van der Waals surface area contributed by atoms with Crippen LogP contribution in [0.15, 0.2) is 40.2 Å². The number of likely N-dealkylation sites (tertiary alicyclic amines) is 1. The predicted octanol–water partition coefficient (Wildman–Crippen LogP) is 2.93. The van der Waals surface area contributed by atoms with Gasteiger partial charge >= 0.3 is 0 Å². The number of benzene rings is 1. The molecule has 1 aliphatic rings. The van der Waals surface area contributed by atoms with E-state index in [0.717, 1.165) is 45.0 Å². The standard InChI is InChI=1S/C19H31N3O3S.HI/c1-3-20-19(22-14-11-17(12-15-22)25-4-2)21-13-8-16-26(23,24)18-9-6-5-7-10-18;/h5-7,9-10,17H,3-4,8,11-16H2,1-2H3,(H,20,21);1H. The largest absolute Gasteiger partial charge is 0.378 e. The zero-order valence-electron chi connectivity index (χ0n) is 16.3. The van der Waals surface area contributed by atoms with E-state index in [4.69, 9.17) is 4.74 Å². The number of halogens is 1. The molecule has 6 nitrogen and oxygen atoms in total. The van der Waals surface area contributed by atoms with E-state index in [1.54, 1.807) is 24.3 Å². The third kappa shape index (κ3) is 7.95. The number of piperidine rings is 1. The Morgan fingerprint density at radius 1 is 1.22 bits per heavy atom. The van der Waals surface area contributed by atoms with Crippen molar-refractivity contribution in [1.29, 1.82) is 0 Å². The van der Waals surface area contributed by atoms with Gasteiger partial charge in [-0.3, -0.25) is 4.99 Å². The van der Waals surface area contributed by atoms with Crippen LogP contribution >= 0.6 is 24.0 Å². The van der Waals surface area contributed by atoms with Gasteiger partial charge in [-0.15, -0.1) is 24.0 Å². The summed E-state index contributed by atoms with van der Waals surface area (Å²) >= 11 is 0. The average Bonchev–Trinajstić information content (AvgIpc) is 2.66. The van der Waals surface area contributed by atoms with Crippen LogP contribution in [-0.2, 0) is 14.6 Å². The van der Waals surface area contributed by atoms with Crippen LogP contribution in [0.4, 0.5) is 0 Å². The van der Waals surface area contributed by atoms with E-state index in [-0.39, 0.29) is 29.7 Å². The smallest absolute Gasteiger partial charge is 0.193 e. The molecular formula is C19H32IN3O3S. The molecule has 0 aliphatic carbocycles. The Morgan fingerprint density at radius 3 is 2.48 bits per heavy atom. The van der Waals surface area contributed by atoms with Gasteiger partial charge in [-0.1, -0.05) is 18.2 Å². The number of nitrogens with one attached hydrogen (secondary N) is 1. The lowest BCUT2D eigenvalue weighted by molar-refractivity contribution is 0.0264. The van der Waals surface area contributed by atoms with Gasteiger partial charge in [0.25, 0.3) is 0 Å². The van der Waals surface area contributed by atoms with Crippen molar-refractivity contribution < 1.29 is 13.2 Å². The highest BCUT2D eigenvalue weighted by atomic mass is 127. The van der Waals surface area contributed by atoms with Crippen molar-refractivity contribution in [3.05, 3.63) is 30.3 Å². The van der Waals surface area contributed by atoms with Gasteiger partial charge in [-0.05, 0) is 45.2 Å².